The van der Waals surface area contributed by atoms with Gasteiger partial charge < -0.3 is 19.5 Å². The SMILES string of the molecule is Cc1c(Cl)cccc1NC(=O)c1cccn1C1CCN(C(=O)OC(C)(C)C)CC1. The molecule has 0 atom stereocenters. The fourth-order valence-corrected chi connectivity index (χ4v) is 3.66. The van der Waals surface area contributed by atoms with E-state index in [1.54, 1.807) is 11.0 Å². The lowest BCUT2D eigenvalue weighted by atomic mass is 10.0. The molecule has 7 heteroatoms. The summed E-state index contributed by atoms with van der Waals surface area (Å²) in [6, 6.07) is 9.30. The number of benzene rings is 1. The van der Waals surface area contributed by atoms with Crippen molar-refractivity contribution in [1.82, 2.24) is 9.47 Å². The highest BCUT2D eigenvalue weighted by molar-refractivity contribution is 6.31. The minimum atomic E-state index is -0.502. The largest absolute Gasteiger partial charge is 0.444 e. The highest BCUT2D eigenvalue weighted by Gasteiger charge is 2.28. The first-order valence-corrected chi connectivity index (χ1v) is 10.2. The van der Waals surface area contributed by atoms with E-state index in [4.69, 9.17) is 16.3 Å². The first-order valence-electron chi connectivity index (χ1n) is 9.87. The van der Waals surface area contributed by atoms with Crippen molar-refractivity contribution in [2.75, 3.05) is 18.4 Å². The van der Waals surface area contributed by atoms with Crippen LogP contribution in [0.2, 0.25) is 5.02 Å². The van der Waals surface area contributed by atoms with Gasteiger partial charge in [0.05, 0.1) is 0 Å². The lowest BCUT2D eigenvalue weighted by Gasteiger charge is -2.34. The average molecular weight is 418 g/mol. The van der Waals surface area contributed by atoms with Crippen LogP contribution in [0.3, 0.4) is 0 Å². The summed E-state index contributed by atoms with van der Waals surface area (Å²) in [5.74, 6) is -0.171. The Labute approximate surface area is 176 Å². The third-order valence-electron chi connectivity index (χ3n) is 5.04. The summed E-state index contributed by atoms with van der Waals surface area (Å²) >= 11 is 6.16. The molecule has 1 saturated heterocycles. The molecule has 1 aromatic carbocycles. The molecule has 0 unspecified atom stereocenters. The summed E-state index contributed by atoms with van der Waals surface area (Å²) in [7, 11) is 0. The van der Waals surface area contributed by atoms with E-state index in [2.05, 4.69) is 5.32 Å². The van der Waals surface area contributed by atoms with Crippen LogP contribution in [0, 0.1) is 6.92 Å². The molecule has 0 bridgehead atoms. The molecule has 1 fully saturated rings. The zero-order chi connectivity index (χ0) is 21.2. The van der Waals surface area contributed by atoms with Gasteiger partial charge in [0.2, 0.25) is 0 Å². The molecule has 29 heavy (non-hydrogen) atoms. The minimum absolute atomic E-state index is 0.157. The van der Waals surface area contributed by atoms with Crippen molar-refractivity contribution in [1.29, 1.82) is 0 Å². The Balaban J connectivity index is 1.66. The summed E-state index contributed by atoms with van der Waals surface area (Å²) in [4.78, 5) is 26.9. The molecule has 1 aromatic heterocycles. The summed E-state index contributed by atoms with van der Waals surface area (Å²) < 4.78 is 7.46. The van der Waals surface area contributed by atoms with Gasteiger partial charge in [-0.15, -0.1) is 0 Å². The Kier molecular flexibility index (Phi) is 6.22. The summed E-state index contributed by atoms with van der Waals surface area (Å²) in [6.07, 6.45) is 3.18. The van der Waals surface area contributed by atoms with E-state index in [9.17, 15) is 9.59 Å². The minimum Gasteiger partial charge on any atom is -0.444 e. The van der Waals surface area contributed by atoms with Crippen molar-refractivity contribution in [3.05, 3.63) is 52.8 Å². The van der Waals surface area contributed by atoms with Gasteiger partial charge in [0.1, 0.15) is 11.3 Å². The van der Waals surface area contributed by atoms with Crippen molar-refractivity contribution in [2.24, 2.45) is 0 Å². The van der Waals surface area contributed by atoms with Crippen LogP contribution in [0.4, 0.5) is 10.5 Å². The first-order chi connectivity index (χ1) is 13.7. The van der Waals surface area contributed by atoms with E-state index in [1.165, 1.54) is 0 Å². The second kappa shape index (κ2) is 8.49. The molecule has 3 rings (SSSR count). The highest BCUT2D eigenvalue weighted by Crippen LogP contribution is 2.27. The smallest absolute Gasteiger partial charge is 0.410 e. The number of carbonyl (C=O) groups excluding carboxylic acids is 2. The van der Waals surface area contributed by atoms with Crippen molar-refractivity contribution in [2.45, 2.75) is 52.2 Å². The number of hydrogen-bond donors (Lipinski definition) is 1. The maximum Gasteiger partial charge on any atom is 0.410 e. The van der Waals surface area contributed by atoms with E-state index in [1.807, 2.05) is 62.7 Å². The predicted octanol–water partition coefficient (Wildman–Crippen LogP) is 5.27. The Morgan fingerprint density at radius 1 is 1.14 bits per heavy atom. The van der Waals surface area contributed by atoms with E-state index in [-0.39, 0.29) is 18.0 Å². The number of likely N-dealkylation sites (tertiary alicyclic amines) is 1. The number of anilines is 1. The van der Waals surface area contributed by atoms with Gasteiger partial charge in [0.15, 0.2) is 0 Å². The number of rotatable bonds is 3. The van der Waals surface area contributed by atoms with Crippen LogP contribution >= 0.6 is 11.6 Å². The average Bonchev–Trinajstić information content (AvgIpc) is 3.14. The van der Waals surface area contributed by atoms with Gasteiger partial charge in [-0.25, -0.2) is 4.79 Å². The zero-order valence-electron chi connectivity index (χ0n) is 17.4. The van der Waals surface area contributed by atoms with Crippen molar-refractivity contribution in [3.8, 4) is 0 Å². The number of carbonyl (C=O) groups is 2. The van der Waals surface area contributed by atoms with E-state index in [0.29, 0.717) is 29.5 Å². The monoisotopic (exact) mass is 417 g/mol. The number of nitrogens with one attached hydrogen (secondary N) is 1. The van der Waals surface area contributed by atoms with Gasteiger partial charge >= 0.3 is 6.09 Å². The van der Waals surface area contributed by atoms with Crippen LogP contribution < -0.4 is 5.32 Å². The van der Waals surface area contributed by atoms with Crippen LogP contribution in [0.1, 0.15) is 55.7 Å². The van der Waals surface area contributed by atoms with Crippen LogP contribution in [0.15, 0.2) is 36.5 Å². The molecule has 6 nitrogen and oxygen atoms in total. The number of amides is 2. The molecule has 2 aromatic rings. The van der Waals surface area contributed by atoms with Crippen molar-refractivity contribution < 1.29 is 14.3 Å². The molecule has 0 spiro atoms. The third-order valence-corrected chi connectivity index (χ3v) is 5.45. The van der Waals surface area contributed by atoms with Crippen LogP contribution in [-0.4, -0.2) is 40.2 Å². The quantitative estimate of drug-likeness (QED) is 0.739. The molecular formula is C22H28ClN3O3. The Hall–Kier alpha value is -2.47. The lowest BCUT2D eigenvalue weighted by molar-refractivity contribution is 0.0187. The van der Waals surface area contributed by atoms with Gasteiger partial charge in [-0.3, -0.25) is 4.79 Å². The summed E-state index contributed by atoms with van der Waals surface area (Å²) in [6.45, 7) is 8.68. The highest BCUT2D eigenvalue weighted by atomic mass is 35.5. The number of halogens is 1. The van der Waals surface area contributed by atoms with Gasteiger partial charge in [-0.05, 0) is 70.4 Å². The Morgan fingerprint density at radius 2 is 1.83 bits per heavy atom. The molecule has 2 heterocycles. The fraction of sp³-hybridized carbons (Fsp3) is 0.455. The predicted molar refractivity (Wildman–Crippen MR) is 115 cm³/mol. The molecule has 0 aliphatic carbocycles. The van der Waals surface area contributed by atoms with E-state index >= 15 is 0 Å². The summed E-state index contributed by atoms with van der Waals surface area (Å²) in [5.41, 5.74) is 1.64. The lowest BCUT2D eigenvalue weighted by Crippen LogP contribution is -2.42. The normalized spacial score (nSPS) is 15.3. The molecule has 0 saturated carbocycles. The number of aromatic nitrogens is 1. The van der Waals surface area contributed by atoms with Crippen LogP contribution in [0.25, 0.3) is 0 Å². The Morgan fingerprint density at radius 3 is 2.48 bits per heavy atom. The molecule has 1 N–H and O–H groups in total. The first kappa shape index (κ1) is 21.2. The maximum absolute atomic E-state index is 12.9. The van der Waals surface area contributed by atoms with Gasteiger partial charge in [-0.2, -0.15) is 0 Å². The topological polar surface area (TPSA) is 63.6 Å². The molecule has 156 valence electrons. The van der Waals surface area contributed by atoms with Gasteiger partial charge in [0.25, 0.3) is 5.91 Å². The zero-order valence-corrected chi connectivity index (χ0v) is 18.1. The van der Waals surface area contributed by atoms with Crippen molar-refractivity contribution >= 4 is 29.3 Å². The maximum atomic E-state index is 12.9. The second-order valence-corrected chi connectivity index (χ2v) is 8.77. The van der Waals surface area contributed by atoms with Gasteiger partial charge in [-0.1, -0.05) is 17.7 Å². The van der Waals surface area contributed by atoms with Crippen LogP contribution in [-0.2, 0) is 4.74 Å². The van der Waals surface area contributed by atoms with Crippen molar-refractivity contribution in [3.63, 3.8) is 0 Å². The number of piperidine rings is 1. The molecule has 1 aliphatic heterocycles. The number of nitrogens with zero attached hydrogens (tertiary/aromatic N) is 2. The summed E-state index contributed by atoms with van der Waals surface area (Å²) in [5, 5.41) is 3.58. The molecule has 0 radical (unpaired) electrons. The van der Waals surface area contributed by atoms with E-state index < -0.39 is 5.60 Å². The number of ether oxygens (including phenoxy) is 1. The molecular weight excluding hydrogens is 390 g/mol. The second-order valence-electron chi connectivity index (χ2n) is 8.37. The van der Waals surface area contributed by atoms with Crippen LogP contribution in [0.5, 0.6) is 0 Å². The fourth-order valence-electron chi connectivity index (χ4n) is 3.49. The third kappa shape index (κ3) is 5.12. The van der Waals surface area contributed by atoms with E-state index in [0.717, 1.165) is 18.4 Å². The van der Waals surface area contributed by atoms with Gasteiger partial charge in [0, 0.05) is 36.0 Å². The number of hydrogen-bond acceptors (Lipinski definition) is 3. The standard InChI is InChI=1S/C22H28ClN3O3/c1-15-17(23)7-5-8-18(15)24-20(27)19-9-6-12-26(19)16-10-13-25(14-11-16)21(28)29-22(2,3)4/h5-9,12,16H,10-11,13-14H2,1-4H3,(H,24,27). The molecule has 1 aliphatic rings. The Bertz CT molecular complexity index is 893. The molecule has 2 amide bonds.